The van der Waals surface area contributed by atoms with Crippen molar-refractivity contribution in [3.63, 3.8) is 0 Å². The van der Waals surface area contributed by atoms with Crippen molar-refractivity contribution in [1.82, 2.24) is 5.43 Å². The second-order valence-electron chi connectivity index (χ2n) is 4.29. The van der Waals surface area contributed by atoms with Crippen molar-refractivity contribution in [3.8, 4) is 0 Å². The molecule has 1 unspecified atom stereocenters. The van der Waals surface area contributed by atoms with Gasteiger partial charge < -0.3 is 5.43 Å². The summed E-state index contributed by atoms with van der Waals surface area (Å²) >= 11 is 0. The van der Waals surface area contributed by atoms with E-state index in [1.165, 1.54) is 32.1 Å². The molecule has 3 nitrogen and oxygen atoms in total. The van der Waals surface area contributed by atoms with E-state index in [1.54, 1.807) is 0 Å². The average Bonchev–Trinajstić information content (AvgIpc) is 2.66. The zero-order valence-electron chi connectivity index (χ0n) is 9.42. The molecule has 14 heavy (non-hydrogen) atoms. The molecule has 1 fully saturated rings. The van der Waals surface area contributed by atoms with E-state index >= 15 is 0 Å². The molecule has 0 aromatic rings. The molecule has 0 aromatic carbocycles. The highest BCUT2D eigenvalue weighted by atomic mass is 15.3. The lowest BCUT2D eigenvalue weighted by Crippen LogP contribution is -2.36. The van der Waals surface area contributed by atoms with Crippen LogP contribution in [0.15, 0.2) is 4.99 Å². The Morgan fingerprint density at radius 2 is 2.14 bits per heavy atom. The van der Waals surface area contributed by atoms with Crippen LogP contribution in [0.25, 0.3) is 0 Å². The van der Waals surface area contributed by atoms with Crippen molar-refractivity contribution in [1.29, 1.82) is 0 Å². The van der Waals surface area contributed by atoms with Gasteiger partial charge in [-0.15, -0.1) is 0 Å². The third-order valence-corrected chi connectivity index (χ3v) is 2.98. The number of amidine groups is 1. The molecule has 0 radical (unpaired) electrons. The number of nitrogens with one attached hydrogen (secondary N) is 1. The smallest absolute Gasteiger partial charge is 0.113 e. The molecule has 0 aromatic heterocycles. The van der Waals surface area contributed by atoms with Gasteiger partial charge in [0, 0.05) is 5.92 Å². The average molecular weight is 197 g/mol. The minimum Gasteiger partial charge on any atom is -0.312 e. The van der Waals surface area contributed by atoms with Crippen molar-refractivity contribution in [2.45, 2.75) is 58.4 Å². The molecule has 3 N–H and O–H groups in total. The molecule has 82 valence electrons. The van der Waals surface area contributed by atoms with Gasteiger partial charge >= 0.3 is 0 Å². The van der Waals surface area contributed by atoms with Gasteiger partial charge in [0.05, 0.1) is 6.04 Å². The van der Waals surface area contributed by atoms with Crippen LogP contribution >= 0.6 is 0 Å². The predicted molar refractivity (Wildman–Crippen MR) is 61.1 cm³/mol. The number of nitrogens with two attached hydrogens (primary N) is 1. The number of aliphatic imine (C=N–C) groups is 1. The number of hydrazine groups is 1. The normalized spacial score (nSPS) is 21.2. The molecule has 0 heterocycles. The summed E-state index contributed by atoms with van der Waals surface area (Å²) in [6, 6.07) is 0.528. The fourth-order valence-corrected chi connectivity index (χ4v) is 2.11. The highest BCUT2D eigenvalue weighted by Crippen LogP contribution is 2.21. The van der Waals surface area contributed by atoms with Crippen LogP contribution in [-0.4, -0.2) is 11.9 Å². The lowest BCUT2D eigenvalue weighted by Gasteiger charge is -2.15. The minimum atomic E-state index is 0.477. The van der Waals surface area contributed by atoms with E-state index < -0.39 is 0 Å². The summed E-state index contributed by atoms with van der Waals surface area (Å²) in [5.41, 5.74) is 2.76. The molecule has 0 bridgehead atoms. The van der Waals surface area contributed by atoms with Crippen LogP contribution in [0.1, 0.15) is 52.4 Å². The molecule has 0 saturated heterocycles. The van der Waals surface area contributed by atoms with Crippen molar-refractivity contribution >= 4 is 5.84 Å². The van der Waals surface area contributed by atoms with Crippen molar-refractivity contribution in [2.75, 3.05) is 0 Å². The minimum absolute atomic E-state index is 0.477. The van der Waals surface area contributed by atoms with E-state index in [1.807, 2.05) is 0 Å². The van der Waals surface area contributed by atoms with Gasteiger partial charge in [0.2, 0.25) is 0 Å². The Bertz CT molecular complexity index is 183. The monoisotopic (exact) mass is 197 g/mol. The Labute approximate surface area is 87.1 Å². The van der Waals surface area contributed by atoms with Crippen LogP contribution in [0.2, 0.25) is 0 Å². The topological polar surface area (TPSA) is 50.4 Å². The molecule has 1 aliphatic carbocycles. The molecule has 0 amide bonds. The number of hydrogen-bond acceptors (Lipinski definition) is 2. The number of rotatable bonds is 4. The third-order valence-electron chi connectivity index (χ3n) is 2.98. The summed E-state index contributed by atoms with van der Waals surface area (Å²) in [5, 5.41) is 0. The van der Waals surface area contributed by atoms with E-state index in [-0.39, 0.29) is 0 Å². The molecule has 1 atom stereocenters. The maximum absolute atomic E-state index is 5.50. The lowest BCUT2D eigenvalue weighted by atomic mass is 10.1. The SMILES string of the molecule is CCCC(C)C(=NC1CCCC1)NN. The van der Waals surface area contributed by atoms with Gasteiger partial charge in [-0.05, 0) is 19.3 Å². The summed E-state index contributed by atoms with van der Waals surface area (Å²) in [7, 11) is 0. The Morgan fingerprint density at radius 3 is 2.64 bits per heavy atom. The van der Waals surface area contributed by atoms with Gasteiger partial charge in [-0.3, -0.25) is 4.99 Å². The van der Waals surface area contributed by atoms with E-state index in [0.29, 0.717) is 12.0 Å². The number of hydrogen-bond donors (Lipinski definition) is 2. The Kier molecular flexibility index (Phi) is 4.94. The third kappa shape index (κ3) is 3.29. The van der Waals surface area contributed by atoms with Gasteiger partial charge in [0.25, 0.3) is 0 Å². The molecule has 3 heteroatoms. The largest absolute Gasteiger partial charge is 0.312 e. The van der Waals surface area contributed by atoms with Crippen LogP contribution in [0.4, 0.5) is 0 Å². The van der Waals surface area contributed by atoms with Gasteiger partial charge in [-0.25, -0.2) is 5.84 Å². The first-order valence-corrected chi connectivity index (χ1v) is 5.82. The second-order valence-corrected chi connectivity index (χ2v) is 4.29. The van der Waals surface area contributed by atoms with Gasteiger partial charge in [-0.2, -0.15) is 0 Å². The van der Waals surface area contributed by atoms with Crippen LogP contribution in [-0.2, 0) is 0 Å². The molecule has 0 aliphatic heterocycles. The first-order chi connectivity index (χ1) is 6.77. The summed E-state index contributed by atoms with van der Waals surface area (Å²) in [4.78, 5) is 4.69. The van der Waals surface area contributed by atoms with Crippen LogP contribution in [0.5, 0.6) is 0 Å². The quantitative estimate of drug-likeness (QED) is 0.314. The zero-order valence-corrected chi connectivity index (χ0v) is 9.42. The fourth-order valence-electron chi connectivity index (χ4n) is 2.11. The lowest BCUT2D eigenvalue weighted by molar-refractivity contribution is 0.621. The number of nitrogens with zero attached hydrogens (tertiary/aromatic N) is 1. The molecule has 1 saturated carbocycles. The molecule has 1 rings (SSSR count). The Balaban J connectivity index is 2.49. The highest BCUT2D eigenvalue weighted by Gasteiger charge is 2.16. The summed E-state index contributed by atoms with van der Waals surface area (Å²) in [6.07, 6.45) is 7.48. The molecule has 0 spiro atoms. The fraction of sp³-hybridized carbons (Fsp3) is 0.909. The zero-order chi connectivity index (χ0) is 10.4. The molecular formula is C11H23N3. The van der Waals surface area contributed by atoms with Crippen molar-refractivity contribution in [2.24, 2.45) is 16.8 Å². The van der Waals surface area contributed by atoms with Gasteiger partial charge in [-0.1, -0.05) is 33.1 Å². The van der Waals surface area contributed by atoms with Gasteiger partial charge in [0.15, 0.2) is 0 Å². The van der Waals surface area contributed by atoms with E-state index in [9.17, 15) is 0 Å². The van der Waals surface area contributed by atoms with E-state index in [2.05, 4.69) is 19.3 Å². The van der Waals surface area contributed by atoms with Crippen LogP contribution in [0.3, 0.4) is 0 Å². The highest BCUT2D eigenvalue weighted by molar-refractivity contribution is 5.83. The first-order valence-electron chi connectivity index (χ1n) is 5.82. The van der Waals surface area contributed by atoms with Gasteiger partial charge in [0.1, 0.15) is 5.84 Å². The maximum atomic E-state index is 5.50. The predicted octanol–water partition coefficient (Wildman–Crippen LogP) is 2.23. The standard InChI is InChI=1S/C11H23N3/c1-3-6-9(2)11(14-12)13-10-7-4-5-8-10/h9-10H,3-8,12H2,1-2H3,(H,13,14). The van der Waals surface area contributed by atoms with E-state index in [0.717, 1.165) is 12.3 Å². The van der Waals surface area contributed by atoms with Crippen LogP contribution < -0.4 is 11.3 Å². The van der Waals surface area contributed by atoms with Crippen molar-refractivity contribution in [3.05, 3.63) is 0 Å². The maximum Gasteiger partial charge on any atom is 0.113 e. The Hall–Kier alpha value is -0.570. The summed E-state index contributed by atoms with van der Waals surface area (Å²) in [5.74, 6) is 6.98. The molecular weight excluding hydrogens is 174 g/mol. The summed E-state index contributed by atoms with van der Waals surface area (Å²) in [6.45, 7) is 4.39. The Morgan fingerprint density at radius 1 is 1.50 bits per heavy atom. The first kappa shape index (κ1) is 11.5. The van der Waals surface area contributed by atoms with Crippen molar-refractivity contribution < 1.29 is 0 Å². The van der Waals surface area contributed by atoms with E-state index in [4.69, 9.17) is 10.8 Å². The second kappa shape index (κ2) is 6.02. The van der Waals surface area contributed by atoms with Crippen LogP contribution in [0, 0.1) is 5.92 Å². The molecule has 1 aliphatic rings. The summed E-state index contributed by atoms with van der Waals surface area (Å²) < 4.78 is 0.